The van der Waals surface area contributed by atoms with Gasteiger partial charge in [0.2, 0.25) is 17.7 Å². The first kappa shape index (κ1) is 40.9. The fourth-order valence-corrected chi connectivity index (χ4v) is 9.69. The van der Waals surface area contributed by atoms with Crippen molar-refractivity contribution >= 4 is 58.1 Å². The Hall–Kier alpha value is -6.43. The molecule has 16 nitrogen and oxygen atoms in total. The van der Waals surface area contributed by atoms with E-state index in [1.807, 2.05) is 76.3 Å². The minimum Gasteiger partial charge on any atom is -0.457 e. The Kier molecular flexibility index (Phi) is 11.8. The Morgan fingerprint density at radius 1 is 0.871 bits per heavy atom. The second-order valence-corrected chi connectivity index (χ2v) is 16.9. The summed E-state index contributed by atoms with van der Waals surface area (Å²) < 4.78 is 7.89. The lowest BCUT2D eigenvalue weighted by Crippen LogP contribution is -2.54. The number of ether oxygens (including phenoxy) is 1. The van der Waals surface area contributed by atoms with Gasteiger partial charge in [0.05, 0.1) is 22.6 Å². The number of likely N-dealkylation sites (tertiary alicyclic amines) is 1. The number of amides is 5. The molecule has 4 aliphatic rings. The van der Waals surface area contributed by atoms with Crippen molar-refractivity contribution < 1.29 is 28.7 Å². The first-order valence-electron chi connectivity index (χ1n) is 20.9. The number of piperidine rings is 2. The van der Waals surface area contributed by atoms with Crippen LogP contribution in [0.1, 0.15) is 52.4 Å². The van der Waals surface area contributed by atoms with Crippen molar-refractivity contribution in [1.82, 2.24) is 44.7 Å². The van der Waals surface area contributed by atoms with E-state index in [0.717, 1.165) is 67.5 Å². The fraction of sp³-hybridized carbons (Fsp3) is 0.333. The summed E-state index contributed by atoms with van der Waals surface area (Å²) >= 11 is 1.52. The monoisotopic (exact) mass is 854 g/mol. The second-order valence-electron chi connectivity index (χ2n) is 15.8. The van der Waals surface area contributed by atoms with E-state index in [4.69, 9.17) is 15.6 Å². The highest BCUT2D eigenvalue weighted by molar-refractivity contribution is 7.99. The molecule has 17 heteroatoms. The molecule has 4 aliphatic heterocycles. The number of imide groups is 2. The lowest BCUT2D eigenvalue weighted by atomic mass is 10.0. The third-order valence-electron chi connectivity index (χ3n) is 11.9. The van der Waals surface area contributed by atoms with Crippen LogP contribution in [0.5, 0.6) is 11.5 Å². The van der Waals surface area contributed by atoms with E-state index in [1.54, 1.807) is 18.2 Å². The standard InChI is InChI=1S/C45H46N10O6S/c46-41-39-40(29-13-15-32(16-14-29)61-31-8-2-1-3-9-31)50-55(42(39)48-28-47-41)30-7-5-20-53(27-30)37(57)12-6-19-51-21-23-52(24-22-51)25-26-62-35-11-4-10-33-38(35)45(60)54(44(33)59)34-17-18-36(56)49-43(34)58/h1-4,6,8-16,28,30,34H,5,7,17-27H2,(H2,46,47,48)(H,49,56,58)/b12-6+/t30-,34?/m1/s1. The van der Waals surface area contributed by atoms with Crippen LogP contribution in [0.25, 0.3) is 22.3 Å². The number of fused-ring (bicyclic) bond motifs is 2. The number of carbonyl (C=O) groups excluding carboxylic acids is 5. The number of nitrogens with two attached hydrogens (primary N) is 1. The Labute approximate surface area is 362 Å². The first-order chi connectivity index (χ1) is 30.2. The van der Waals surface area contributed by atoms with Crippen LogP contribution in [-0.2, 0) is 14.4 Å². The van der Waals surface area contributed by atoms with E-state index in [2.05, 4.69) is 25.1 Å². The minimum absolute atomic E-state index is 0.0296. The second kappa shape index (κ2) is 17.9. The maximum Gasteiger partial charge on any atom is 0.263 e. The van der Waals surface area contributed by atoms with Gasteiger partial charge in [0.25, 0.3) is 11.8 Å². The average Bonchev–Trinajstić information content (AvgIpc) is 3.80. The van der Waals surface area contributed by atoms with Gasteiger partial charge in [0, 0.05) is 81.1 Å². The van der Waals surface area contributed by atoms with Gasteiger partial charge in [-0.2, -0.15) is 5.10 Å². The molecular weight excluding hydrogens is 809 g/mol. The summed E-state index contributed by atoms with van der Waals surface area (Å²) in [4.78, 5) is 81.5. The van der Waals surface area contributed by atoms with Gasteiger partial charge in [-0.15, -0.1) is 11.8 Å². The van der Waals surface area contributed by atoms with Gasteiger partial charge < -0.3 is 15.4 Å². The number of nitrogen functional groups attached to an aromatic ring is 1. The summed E-state index contributed by atoms with van der Waals surface area (Å²) in [7, 11) is 0. The van der Waals surface area contributed by atoms with Crippen molar-refractivity contribution in [3.8, 4) is 22.8 Å². The van der Waals surface area contributed by atoms with Crippen molar-refractivity contribution in [3.05, 3.63) is 102 Å². The van der Waals surface area contributed by atoms with Crippen LogP contribution in [0, 0.1) is 0 Å². The van der Waals surface area contributed by atoms with E-state index in [0.29, 0.717) is 64.0 Å². The van der Waals surface area contributed by atoms with Gasteiger partial charge in [0.1, 0.15) is 35.4 Å². The number of carbonyl (C=O) groups is 5. The molecule has 62 heavy (non-hydrogen) atoms. The Balaban J connectivity index is 0.757. The molecule has 3 N–H and O–H groups in total. The summed E-state index contributed by atoms with van der Waals surface area (Å²) in [6, 6.07) is 21.4. The fourth-order valence-electron chi connectivity index (χ4n) is 8.60. The molecule has 3 fully saturated rings. The van der Waals surface area contributed by atoms with Crippen LogP contribution in [0.2, 0.25) is 0 Å². The highest BCUT2D eigenvalue weighted by Gasteiger charge is 2.45. The molecule has 9 rings (SSSR count). The molecule has 5 aromatic rings. The molecule has 6 heterocycles. The topological polar surface area (TPSA) is 189 Å². The summed E-state index contributed by atoms with van der Waals surface area (Å²) in [6.45, 7) is 6.06. The number of hydrogen-bond donors (Lipinski definition) is 2. The van der Waals surface area contributed by atoms with Gasteiger partial charge in [-0.3, -0.25) is 44.0 Å². The molecule has 3 saturated heterocycles. The van der Waals surface area contributed by atoms with Gasteiger partial charge in [0.15, 0.2) is 5.65 Å². The number of piperazine rings is 1. The normalized spacial score (nSPS) is 20.0. The summed E-state index contributed by atoms with van der Waals surface area (Å²) in [5, 5.41) is 7.96. The average molecular weight is 855 g/mol. The van der Waals surface area contributed by atoms with Gasteiger partial charge in [-0.05, 0) is 67.8 Å². The lowest BCUT2D eigenvalue weighted by Gasteiger charge is -2.34. The highest BCUT2D eigenvalue weighted by atomic mass is 32.2. The smallest absolute Gasteiger partial charge is 0.263 e. The highest BCUT2D eigenvalue weighted by Crippen LogP contribution is 2.36. The van der Waals surface area contributed by atoms with Crippen molar-refractivity contribution in [2.75, 3.05) is 63.8 Å². The molecule has 3 aromatic carbocycles. The Morgan fingerprint density at radius 2 is 1.65 bits per heavy atom. The van der Waals surface area contributed by atoms with Crippen LogP contribution in [0.4, 0.5) is 5.82 Å². The number of rotatable bonds is 12. The van der Waals surface area contributed by atoms with Crippen molar-refractivity contribution in [1.29, 1.82) is 0 Å². The zero-order valence-corrected chi connectivity index (χ0v) is 34.8. The number of thioether (sulfide) groups is 1. The van der Waals surface area contributed by atoms with E-state index >= 15 is 0 Å². The number of nitrogens with one attached hydrogen (secondary N) is 1. The predicted molar refractivity (Wildman–Crippen MR) is 232 cm³/mol. The molecule has 5 amide bonds. The molecule has 2 aromatic heterocycles. The van der Waals surface area contributed by atoms with Crippen molar-refractivity contribution in [2.24, 2.45) is 0 Å². The van der Waals surface area contributed by atoms with Crippen molar-refractivity contribution in [2.45, 2.75) is 42.7 Å². The third kappa shape index (κ3) is 8.42. The number of anilines is 1. The summed E-state index contributed by atoms with van der Waals surface area (Å²) in [5.41, 5.74) is 9.21. The molecule has 0 aliphatic carbocycles. The molecule has 0 bridgehead atoms. The Morgan fingerprint density at radius 3 is 2.44 bits per heavy atom. The third-order valence-corrected chi connectivity index (χ3v) is 12.9. The number of para-hydroxylation sites is 1. The number of aromatic nitrogens is 4. The maximum absolute atomic E-state index is 13.5. The van der Waals surface area contributed by atoms with Crippen molar-refractivity contribution in [3.63, 3.8) is 0 Å². The molecular formula is C45H46N10O6S. The van der Waals surface area contributed by atoms with Crippen LogP contribution in [-0.4, -0.2) is 133 Å². The van der Waals surface area contributed by atoms with Crippen LogP contribution in [0.3, 0.4) is 0 Å². The predicted octanol–water partition coefficient (Wildman–Crippen LogP) is 4.40. The van der Waals surface area contributed by atoms with Crippen LogP contribution < -0.4 is 15.8 Å². The zero-order chi connectivity index (χ0) is 42.7. The van der Waals surface area contributed by atoms with Gasteiger partial charge in [-0.1, -0.05) is 30.3 Å². The first-order valence-corrected chi connectivity index (χ1v) is 21.9. The van der Waals surface area contributed by atoms with Crippen LogP contribution in [0.15, 0.2) is 96.2 Å². The Bertz CT molecular complexity index is 2560. The molecule has 318 valence electrons. The van der Waals surface area contributed by atoms with Gasteiger partial charge in [-0.25, -0.2) is 14.6 Å². The van der Waals surface area contributed by atoms with E-state index in [1.165, 1.54) is 18.1 Å². The van der Waals surface area contributed by atoms with E-state index in [9.17, 15) is 24.0 Å². The van der Waals surface area contributed by atoms with Gasteiger partial charge >= 0.3 is 0 Å². The molecule has 1 unspecified atom stereocenters. The minimum atomic E-state index is -0.989. The molecule has 2 atom stereocenters. The number of hydrogen-bond acceptors (Lipinski definition) is 13. The largest absolute Gasteiger partial charge is 0.457 e. The molecule has 0 saturated carbocycles. The van der Waals surface area contributed by atoms with E-state index < -0.39 is 29.7 Å². The van der Waals surface area contributed by atoms with Crippen LogP contribution >= 0.6 is 11.8 Å². The summed E-state index contributed by atoms with van der Waals surface area (Å²) in [5.74, 6) is 0.482. The lowest BCUT2D eigenvalue weighted by molar-refractivity contribution is -0.136. The quantitative estimate of drug-likeness (QED) is 0.102. The number of benzene rings is 3. The summed E-state index contributed by atoms with van der Waals surface area (Å²) in [6.07, 6.45) is 6.96. The number of nitrogens with zero attached hydrogens (tertiary/aromatic N) is 8. The SMILES string of the molecule is Nc1ncnc2c1c(-c1ccc(Oc3ccccc3)cc1)nn2[C@@H]1CCCN(C(=O)/C=C/CN2CCN(CCSc3cccc4c3C(=O)N(C3CCC(=O)NC3=O)C4=O)CC2)C1. The van der Waals surface area contributed by atoms with E-state index in [-0.39, 0.29) is 24.8 Å². The zero-order valence-electron chi connectivity index (χ0n) is 34.0. The molecule has 0 radical (unpaired) electrons. The maximum atomic E-state index is 13.5. The molecule has 0 spiro atoms.